The van der Waals surface area contributed by atoms with Gasteiger partial charge in [0.25, 0.3) is 0 Å². The van der Waals surface area contributed by atoms with Crippen molar-refractivity contribution in [2.24, 2.45) is 11.3 Å². The molecule has 1 saturated heterocycles. The zero-order valence-corrected chi connectivity index (χ0v) is 13.2. The standard InChI is InChI=1S/C15H24N2O4/c1-10-7-13(20)17(14(10)21)6-5-12(19)16-9-11(18)8-15(2,3)4/h10H,5-9H2,1-4H3,(H,16,19). The lowest BCUT2D eigenvalue weighted by molar-refractivity contribution is -0.139. The Morgan fingerprint density at radius 3 is 2.38 bits per heavy atom. The predicted octanol–water partition coefficient (Wildman–Crippen LogP) is 0.893. The molecule has 1 unspecified atom stereocenters. The fourth-order valence-corrected chi connectivity index (χ4v) is 2.24. The average Bonchev–Trinajstić information content (AvgIpc) is 2.57. The fourth-order valence-electron chi connectivity index (χ4n) is 2.24. The van der Waals surface area contributed by atoms with Gasteiger partial charge in [-0.2, -0.15) is 0 Å². The summed E-state index contributed by atoms with van der Waals surface area (Å²) in [6.45, 7) is 7.65. The number of imide groups is 1. The van der Waals surface area contributed by atoms with Crippen molar-refractivity contribution in [3.63, 3.8) is 0 Å². The second-order valence-electron chi connectivity index (χ2n) is 6.79. The molecular formula is C15H24N2O4. The predicted molar refractivity (Wildman–Crippen MR) is 77.2 cm³/mol. The molecule has 1 atom stereocenters. The summed E-state index contributed by atoms with van der Waals surface area (Å²) >= 11 is 0. The number of carbonyl (C=O) groups is 4. The molecule has 1 fully saturated rings. The molecule has 21 heavy (non-hydrogen) atoms. The van der Waals surface area contributed by atoms with Crippen LogP contribution in [0.5, 0.6) is 0 Å². The number of Topliss-reactive ketones (excluding diaryl/α,β-unsaturated/α-hetero) is 1. The highest BCUT2D eigenvalue weighted by Gasteiger charge is 2.35. The Balaban J connectivity index is 2.30. The van der Waals surface area contributed by atoms with Gasteiger partial charge < -0.3 is 5.32 Å². The van der Waals surface area contributed by atoms with Crippen LogP contribution in [0.25, 0.3) is 0 Å². The zero-order chi connectivity index (χ0) is 16.2. The molecule has 1 aliphatic heterocycles. The lowest BCUT2D eigenvalue weighted by Gasteiger charge is -2.17. The van der Waals surface area contributed by atoms with Gasteiger partial charge in [-0.05, 0) is 5.41 Å². The van der Waals surface area contributed by atoms with E-state index in [0.717, 1.165) is 4.90 Å². The second kappa shape index (κ2) is 6.83. The van der Waals surface area contributed by atoms with E-state index in [0.29, 0.717) is 6.42 Å². The van der Waals surface area contributed by atoms with Crippen molar-refractivity contribution < 1.29 is 19.2 Å². The molecule has 1 N–H and O–H groups in total. The zero-order valence-electron chi connectivity index (χ0n) is 13.2. The molecule has 0 spiro atoms. The van der Waals surface area contributed by atoms with E-state index in [1.165, 1.54) is 0 Å². The van der Waals surface area contributed by atoms with Gasteiger partial charge in [0, 0.05) is 31.7 Å². The van der Waals surface area contributed by atoms with Crippen molar-refractivity contribution in [2.75, 3.05) is 13.1 Å². The van der Waals surface area contributed by atoms with E-state index < -0.39 is 0 Å². The average molecular weight is 296 g/mol. The largest absolute Gasteiger partial charge is 0.349 e. The Bertz CT molecular complexity index is 451. The third-order valence-corrected chi connectivity index (χ3v) is 3.24. The summed E-state index contributed by atoms with van der Waals surface area (Å²) < 4.78 is 0. The van der Waals surface area contributed by atoms with Gasteiger partial charge in [-0.3, -0.25) is 24.1 Å². The molecule has 6 heteroatoms. The monoisotopic (exact) mass is 296 g/mol. The summed E-state index contributed by atoms with van der Waals surface area (Å²) in [5.41, 5.74) is -0.105. The van der Waals surface area contributed by atoms with Gasteiger partial charge in [-0.25, -0.2) is 0 Å². The molecular weight excluding hydrogens is 272 g/mol. The number of hydrogen-bond donors (Lipinski definition) is 1. The number of carbonyl (C=O) groups excluding carboxylic acids is 4. The molecule has 1 heterocycles. The molecule has 0 aromatic heterocycles. The van der Waals surface area contributed by atoms with E-state index in [4.69, 9.17) is 0 Å². The van der Waals surface area contributed by atoms with Gasteiger partial charge in [-0.15, -0.1) is 0 Å². The highest BCUT2D eigenvalue weighted by atomic mass is 16.2. The van der Waals surface area contributed by atoms with Crippen molar-refractivity contribution in [3.05, 3.63) is 0 Å². The quantitative estimate of drug-likeness (QED) is 0.738. The van der Waals surface area contributed by atoms with Gasteiger partial charge >= 0.3 is 0 Å². The first-order chi connectivity index (χ1) is 9.60. The molecule has 0 saturated carbocycles. The molecule has 118 valence electrons. The lowest BCUT2D eigenvalue weighted by atomic mass is 9.90. The SMILES string of the molecule is CC1CC(=O)N(CCC(=O)NCC(=O)CC(C)(C)C)C1=O. The first kappa shape index (κ1) is 17.3. The van der Waals surface area contributed by atoms with Crippen molar-refractivity contribution >= 4 is 23.5 Å². The first-order valence-electron chi connectivity index (χ1n) is 7.23. The fraction of sp³-hybridized carbons (Fsp3) is 0.733. The summed E-state index contributed by atoms with van der Waals surface area (Å²) in [5, 5.41) is 2.53. The van der Waals surface area contributed by atoms with Crippen LogP contribution in [0.1, 0.15) is 47.0 Å². The summed E-state index contributed by atoms with van der Waals surface area (Å²) in [4.78, 5) is 47.6. The van der Waals surface area contributed by atoms with E-state index in [1.54, 1.807) is 6.92 Å². The van der Waals surface area contributed by atoms with Gasteiger partial charge in [-0.1, -0.05) is 27.7 Å². The highest BCUT2D eigenvalue weighted by molar-refractivity contribution is 6.03. The Labute approximate surface area is 125 Å². The highest BCUT2D eigenvalue weighted by Crippen LogP contribution is 2.19. The summed E-state index contributed by atoms with van der Waals surface area (Å²) in [6.07, 6.45) is 0.644. The van der Waals surface area contributed by atoms with E-state index in [-0.39, 0.29) is 60.8 Å². The van der Waals surface area contributed by atoms with Crippen LogP contribution in [0.3, 0.4) is 0 Å². The second-order valence-corrected chi connectivity index (χ2v) is 6.79. The number of nitrogens with zero attached hydrogens (tertiary/aromatic N) is 1. The minimum Gasteiger partial charge on any atom is -0.349 e. The Hall–Kier alpha value is -1.72. The summed E-state index contributed by atoms with van der Waals surface area (Å²) in [5.74, 6) is -1.11. The lowest BCUT2D eigenvalue weighted by Crippen LogP contribution is -2.36. The maximum absolute atomic E-state index is 11.7. The summed E-state index contributed by atoms with van der Waals surface area (Å²) in [7, 11) is 0. The Morgan fingerprint density at radius 1 is 1.29 bits per heavy atom. The van der Waals surface area contributed by atoms with Crippen molar-refractivity contribution in [1.82, 2.24) is 10.2 Å². The van der Waals surface area contributed by atoms with Crippen molar-refractivity contribution in [1.29, 1.82) is 0 Å². The van der Waals surface area contributed by atoms with Crippen LogP contribution in [0.15, 0.2) is 0 Å². The third-order valence-electron chi connectivity index (χ3n) is 3.24. The van der Waals surface area contributed by atoms with Gasteiger partial charge in [0.15, 0.2) is 5.78 Å². The van der Waals surface area contributed by atoms with E-state index in [1.807, 2.05) is 20.8 Å². The molecule has 0 aromatic carbocycles. The van der Waals surface area contributed by atoms with E-state index in [2.05, 4.69) is 5.32 Å². The van der Waals surface area contributed by atoms with Crippen LogP contribution < -0.4 is 5.32 Å². The molecule has 3 amide bonds. The molecule has 0 radical (unpaired) electrons. The van der Waals surface area contributed by atoms with Gasteiger partial charge in [0.1, 0.15) is 0 Å². The number of ketones is 1. The molecule has 0 bridgehead atoms. The minimum absolute atomic E-state index is 0.00556. The minimum atomic E-state index is -0.322. The van der Waals surface area contributed by atoms with Crippen LogP contribution in [0.2, 0.25) is 0 Å². The number of hydrogen-bond acceptors (Lipinski definition) is 4. The van der Waals surface area contributed by atoms with Gasteiger partial charge in [0.05, 0.1) is 6.54 Å². The molecule has 0 aliphatic carbocycles. The van der Waals surface area contributed by atoms with E-state index in [9.17, 15) is 19.2 Å². The third kappa shape index (κ3) is 5.65. The number of nitrogens with one attached hydrogen (secondary N) is 1. The van der Waals surface area contributed by atoms with Crippen molar-refractivity contribution in [2.45, 2.75) is 47.0 Å². The molecule has 1 aliphatic rings. The van der Waals surface area contributed by atoms with Crippen LogP contribution in [0, 0.1) is 11.3 Å². The maximum atomic E-state index is 11.7. The van der Waals surface area contributed by atoms with Crippen LogP contribution in [-0.2, 0) is 19.2 Å². The van der Waals surface area contributed by atoms with Crippen LogP contribution >= 0.6 is 0 Å². The summed E-state index contributed by atoms with van der Waals surface area (Å²) in [6, 6.07) is 0. The van der Waals surface area contributed by atoms with Crippen LogP contribution in [0.4, 0.5) is 0 Å². The van der Waals surface area contributed by atoms with Gasteiger partial charge in [0.2, 0.25) is 17.7 Å². The number of likely N-dealkylation sites (tertiary alicyclic amines) is 1. The first-order valence-corrected chi connectivity index (χ1v) is 7.23. The van der Waals surface area contributed by atoms with Crippen LogP contribution in [-0.4, -0.2) is 41.5 Å². The molecule has 0 aromatic rings. The van der Waals surface area contributed by atoms with Crippen molar-refractivity contribution in [3.8, 4) is 0 Å². The topological polar surface area (TPSA) is 83.6 Å². The smallest absolute Gasteiger partial charge is 0.232 e. The Kier molecular flexibility index (Phi) is 5.63. The number of rotatable bonds is 6. The Morgan fingerprint density at radius 2 is 1.90 bits per heavy atom. The number of amides is 3. The maximum Gasteiger partial charge on any atom is 0.232 e. The normalized spacial score (nSPS) is 19.0. The molecule has 6 nitrogen and oxygen atoms in total. The molecule has 1 rings (SSSR count). The van der Waals surface area contributed by atoms with E-state index >= 15 is 0 Å².